The number of carbonyl (C=O) groups excluding carboxylic acids is 2. The van der Waals surface area contributed by atoms with Gasteiger partial charge < -0.3 is 16.0 Å². The third-order valence-electron chi connectivity index (χ3n) is 4.30. The first kappa shape index (κ1) is 20.5. The normalized spacial score (nSPS) is 11.7. The highest BCUT2D eigenvalue weighted by molar-refractivity contribution is 5.95. The number of halogens is 2. The Morgan fingerprint density at radius 1 is 1.07 bits per heavy atom. The van der Waals surface area contributed by atoms with Crippen LogP contribution in [0.5, 0.6) is 0 Å². The standard InChI is InChI=1S/C20H23F2N3O2/c1-12-5-4-6-13(2)20(12)25-19(27)11-24-18(26)10-23-14(3)16-8-7-15(21)9-17(16)22/h4-9,14,23H,10-11H2,1-3H3,(H,24,26)(H,25,27)/p+1/t14-/m0/s1. The zero-order chi connectivity index (χ0) is 20.0. The number of aryl methyl sites for hydroxylation is 2. The Bertz CT molecular complexity index is 820. The van der Waals surface area contributed by atoms with E-state index < -0.39 is 11.6 Å². The number of nitrogens with two attached hydrogens (primary N) is 1. The first-order chi connectivity index (χ1) is 12.8. The summed E-state index contributed by atoms with van der Waals surface area (Å²) in [7, 11) is 0. The number of quaternary nitrogens is 1. The van der Waals surface area contributed by atoms with Gasteiger partial charge in [-0.2, -0.15) is 0 Å². The molecule has 4 N–H and O–H groups in total. The van der Waals surface area contributed by atoms with Gasteiger partial charge in [0.15, 0.2) is 6.54 Å². The Labute approximate surface area is 157 Å². The van der Waals surface area contributed by atoms with Crippen LogP contribution in [-0.4, -0.2) is 24.9 Å². The van der Waals surface area contributed by atoms with Gasteiger partial charge in [0, 0.05) is 17.3 Å². The topological polar surface area (TPSA) is 74.8 Å². The van der Waals surface area contributed by atoms with Crippen LogP contribution in [0.15, 0.2) is 36.4 Å². The van der Waals surface area contributed by atoms with Gasteiger partial charge >= 0.3 is 0 Å². The van der Waals surface area contributed by atoms with Crippen molar-refractivity contribution >= 4 is 17.5 Å². The summed E-state index contributed by atoms with van der Waals surface area (Å²) in [4.78, 5) is 24.0. The summed E-state index contributed by atoms with van der Waals surface area (Å²) in [5.74, 6) is -1.96. The third-order valence-corrected chi connectivity index (χ3v) is 4.30. The van der Waals surface area contributed by atoms with E-state index in [9.17, 15) is 18.4 Å². The Balaban J connectivity index is 1.79. The quantitative estimate of drug-likeness (QED) is 0.691. The molecule has 0 aromatic heterocycles. The maximum atomic E-state index is 13.7. The highest BCUT2D eigenvalue weighted by atomic mass is 19.1. The van der Waals surface area contributed by atoms with Crippen LogP contribution in [0, 0.1) is 25.5 Å². The van der Waals surface area contributed by atoms with E-state index in [4.69, 9.17) is 0 Å². The van der Waals surface area contributed by atoms with Crippen LogP contribution in [0.2, 0.25) is 0 Å². The number of hydrogen-bond donors (Lipinski definition) is 3. The Kier molecular flexibility index (Phi) is 7.01. The van der Waals surface area contributed by atoms with E-state index in [1.165, 1.54) is 12.1 Å². The first-order valence-corrected chi connectivity index (χ1v) is 8.69. The van der Waals surface area contributed by atoms with Gasteiger partial charge in [-0.1, -0.05) is 18.2 Å². The molecule has 0 radical (unpaired) electrons. The van der Waals surface area contributed by atoms with E-state index in [-0.39, 0.29) is 30.9 Å². The number of nitrogens with one attached hydrogen (secondary N) is 2. The fourth-order valence-corrected chi connectivity index (χ4v) is 2.73. The number of benzene rings is 2. The largest absolute Gasteiger partial charge is 0.342 e. The van der Waals surface area contributed by atoms with Crippen molar-refractivity contribution in [2.45, 2.75) is 26.8 Å². The molecule has 0 aliphatic rings. The van der Waals surface area contributed by atoms with Crippen LogP contribution in [0.1, 0.15) is 29.7 Å². The molecule has 2 aromatic rings. The Morgan fingerprint density at radius 2 is 1.74 bits per heavy atom. The summed E-state index contributed by atoms with van der Waals surface area (Å²) >= 11 is 0. The molecule has 0 unspecified atom stereocenters. The summed E-state index contributed by atoms with van der Waals surface area (Å²) in [6.07, 6.45) is 0. The molecule has 1 atom stereocenters. The molecule has 0 bridgehead atoms. The number of hydrogen-bond acceptors (Lipinski definition) is 2. The van der Waals surface area contributed by atoms with Gasteiger partial charge in [-0.25, -0.2) is 8.78 Å². The molecular formula is C20H24F2N3O2+. The van der Waals surface area contributed by atoms with Crippen molar-refractivity contribution in [3.8, 4) is 0 Å². The number of carbonyl (C=O) groups is 2. The molecule has 2 aromatic carbocycles. The average Bonchev–Trinajstić information content (AvgIpc) is 2.61. The van der Waals surface area contributed by atoms with E-state index >= 15 is 0 Å². The summed E-state index contributed by atoms with van der Waals surface area (Å²) in [6, 6.07) is 8.70. The van der Waals surface area contributed by atoms with E-state index in [2.05, 4.69) is 10.6 Å². The fourth-order valence-electron chi connectivity index (χ4n) is 2.73. The monoisotopic (exact) mass is 376 g/mol. The van der Waals surface area contributed by atoms with Crippen LogP contribution in [-0.2, 0) is 9.59 Å². The minimum atomic E-state index is -0.646. The molecule has 27 heavy (non-hydrogen) atoms. The lowest BCUT2D eigenvalue weighted by atomic mass is 10.1. The van der Waals surface area contributed by atoms with Crippen molar-refractivity contribution in [1.82, 2.24) is 5.32 Å². The van der Waals surface area contributed by atoms with Crippen LogP contribution < -0.4 is 16.0 Å². The number of para-hydroxylation sites is 1. The number of amides is 2. The van der Waals surface area contributed by atoms with E-state index in [1.807, 2.05) is 32.0 Å². The van der Waals surface area contributed by atoms with Gasteiger partial charge in [-0.15, -0.1) is 0 Å². The molecule has 0 aliphatic carbocycles. The molecule has 2 rings (SSSR count). The molecule has 144 valence electrons. The van der Waals surface area contributed by atoms with Crippen LogP contribution in [0.3, 0.4) is 0 Å². The SMILES string of the molecule is Cc1cccc(C)c1NC(=O)CNC(=O)C[NH2+][C@@H](C)c1ccc(F)cc1F. The molecule has 5 nitrogen and oxygen atoms in total. The van der Waals surface area contributed by atoms with Gasteiger partial charge in [-0.3, -0.25) is 9.59 Å². The minimum absolute atomic E-state index is 0.0225. The number of anilines is 1. The molecule has 2 amide bonds. The van der Waals surface area contributed by atoms with Gasteiger partial charge in [0.1, 0.15) is 17.7 Å². The van der Waals surface area contributed by atoms with Crippen molar-refractivity contribution in [1.29, 1.82) is 0 Å². The summed E-state index contributed by atoms with van der Waals surface area (Å²) in [6.45, 7) is 5.38. The Morgan fingerprint density at radius 3 is 2.37 bits per heavy atom. The smallest absolute Gasteiger partial charge is 0.275 e. The van der Waals surface area contributed by atoms with E-state index in [0.717, 1.165) is 22.9 Å². The van der Waals surface area contributed by atoms with Crippen molar-refractivity contribution in [3.05, 3.63) is 64.7 Å². The second-order valence-electron chi connectivity index (χ2n) is 6.49. The van der Waals surface area contributed by atoms with Crippen molar-refractivity contribution in [2.24, 2.45) is 0 Å². The van der Waals surface area contributed by atoms with Crippen molar-refractivity contribution in [2.75, 3.05) is 18.4 Å². The molecule has 0 saturated heterocycles. The lowest BCUT2D eigenvalue weighted by Crippen LogP contribution is -2.87. The predicted octanol–water partition coefficient (Wildman–Crippen LogP) is 1.96. The van der Waals surface area contributed by atoms with Gasteiger partial charge in [0.2, 0.25) is 5.91 Å². The van der Waals surface area contributed by atoms with Crippen molar-refractivity contribution in [3.63, 3.8) is 0 Å². The second kappa shape index (κ2) is 9.23. The second-order valence-corrected chi connectivity index (χ2v) is 6.49. The van der Waals surface area contributed by atoms with E-state index in [1.54, 1.807) is 12.2 Å². The minimum Gasteiger partial charge on any atom is -0.342 e. The summed E-state index contributed by atoms with van der Waals surface area (Å²) < 4.78 is 26.7. The molecular weight excluding hydrogens is 352 g/mol. The third kappa shape index (κ3) is 5.86. The van der Waals surface area contributed by atoms with Gasteiger partial charge in [-0.05, 0) is 44.0 Å². The molecule has 0 spiro atoms. The van der Waals surface area contributed by atoms with Gasteiger partial charge in [0.25, 0.3) is 5.91 Å². The maximum absolute atomic E-state index is 13.7. The van der Waals surface area contributed by atoms with Gasteiger partial charge in [0.05, 0.1) is 6.54 Å². The first-order valence-electron chi connectivity index (χ1n) is 8.69. The summed E-state index contributed by atoms with van der Waals surface area (Å²) in [5, 5.41) is 6.94. The highest BCUT2D eigenvalue weighted by Crippen LogP contribution is 2.19. The Hall–Kier alpha value is -2.80. The molecule has 7 heteroatoms. The zero-order valence-electron chi connectivity index (χ0n) is 15.6. The van der Waals surface area contributed by atoms with Crippen molar-refractivity contribution < 1.29 is 23.7 Å². The fraction of sp³-hybridized carbons (Fsp3) is 0.300. The molecule has 0 saturated carbocycles. The number of rotatable bonds is 7. The van der Waals surface area contributed by atoms with Crippen LogP contribution >= 0.6 is 0 Å². The van der Waals surface area contributed by atoms with Crippen LogP contribution in [0.25, 0.3) is 0 Å². The average molecular weight is 376 g/mol. The maximum Gasteiger partial charge on any atom is 0.275 e. The summed E-state index contributed by atoms with van der Waals surface area (Å²) in [5.41, 5.74) is 2.94. The molecule has 0 aliphatic heterocycles. The predicted molar refractivity (Wildman–Crippen MR) is 99.1 cm³/mol. The molecule has 0 fully saturated rings. The van der Waals surface area contributed by atoms with E-state index in [0.29, 0.717) is 5.56 Å². The zero-order valence-corrected chi connectivity index (χ0v) is 15.6. The highest BCUT2D eigenvalue weighted by Gasteiger charge is 2.16. The lowest BCUT2D eigenvalue weighted by molar-refractivity contribution is -0.682. The molecule has 0 heterocycles. The van der Waals surface area contributed by atoms with Crippen LogP contribution in [0.4, 0.5) is 14.5 Å². The lowest BCUT2D eigenvalue weighted by Gasteiger charge is -2.13.